The Kier molecular flexibility index (Phi) is 4.42. The average Bonchev–Trinajstić information content (AvgIpc) is 2.52. The highest BCUT2D eigenvalue weighted by atomic mass is 35.5. The quantitative estimate of drug-likeness (QED) is 0.861. The molecule has 1 heterocycles. The van der Waals surface area contributed by atoms with Crippen molar-refractivity contribution in [2.75, 3.05) is 7.05 Å². The molecule has 0 spiro atoms. The zero-order chi connectivity index (χ0) is 15.1. The Labute approximate surface area is 131 Å². The molecule has 20 heavy (non-hydrogen) atoms. The van der Waals surface area contributed by atoms with Crippen molar-refractivity contribution in [2.45, 2.75) is 51.4 Å². The molecule has 2 atom stereocenters. The van der Waals surface area contributed by atoms with Crippen molar-refractivity contribution in [1.82, 2.24) is 5.32 Å². The van der Waals surface area contributed by atoms with Gasteiger partial charge in [-0.1, -0.05) is 29.3 Å². The molecule has 1 aliphatic heterocycles. The fraction of sp³-hybridized carbons (Fsp3) is 0.625. The second-order valence-corrected chi connectivity index (χ2v) is 7.49. The smallest absolute Gasteiger partial charge is 0.0681 e. The highest BCUT2D eigenvalue weighted by molar-refractivity contribution is 6.36. The molecule has 1 N–H and O–H groups in total. The molecule has 0 amide bonds. The lowest BCUT2D eigenvalue weighted by Gasteiger charge is -2.34. The molecule has 112 valence electrons. The van der Waals surface area contributed by atoms with Crippen molar-refractivity contribution < 1.29 is 4.74 Å². The topological polar surface area (TPSA) is 21.3 Å². The number of nitrogens with one attached hydrogen (secondary N) is 1. The summed E-state index contributed by atoms with van der Waals surface area (Å²) >= 11 is 12.8. The minimum atomic E-state index is -0.223. The van der Waals surface area contributed by atoms with Gasteiger partial charge in [0.2, 0.25) is 0 Å². The zero-order valence-electron chi connectivity index (χ0n) is 12.8. The van der Waals surface area contributed by atoms with Crippen LogP contribution in [0.25, 0.3) is 0 Å². The third-order valence-corrected chi connectivity index (χ3v) is 4.83. The molecular formula is C16H23Cl2NO. The predicted octanol–water partition coefficient (Wildman–Crippen LogP) is 4.85. The van der Waals surface area contributed by atoms with E-state index < -0.39 is 0 Å². The number of benzene rings is 1. The molecule has 0 aliphatic carbocycles. The standard InChI is InChI=1S/C16H23Cl2NO/c1-15(2)9-10(16(3,4)20-15)14(19-5)13-11(17)7-6-8-12(13)18/h6-8,10,14,19H,9H2,1-5H3. The lowest BCUT2D eigenvalue weighted by atomic mass is 9.79. The van der Waals surface area contributed by atoms with Crippen LogP contribution in [0.15, 0.2) is 18.2 Å². The largest absolute Gasteiger partial charge is 0.369 e. The molecule has 4 heteroatoms. The molecule has 0 radical (unpaired) electrons. The van der Waals surface area contributed by atoms with Gasteiger partial charge in [0.15, 0.2) is 0 Å². The summed E-state index contributed by atoms with van der Waals surface area (Å²) in [4.78, 5) is 0. The summed E-state index contributed by atoms with van der Waals surface area (Å²) in [6.45, 7) is 8.55. The van der Waals surface area contributed by atoms with E-state index >= 15 is 0 Å². The Morgan fingerprint density at radius 1 is 1.20 bits per heavy atom. The van der Waals surface area contributed by atoms with E-state index in [9.17, 15) is 0 Å². The van der Waals surface area contributed by atoms with Crippen molar-refractivity contribution in [1.29, 1.82) is 0 Å². The van der Waals surface area contributed by atoms with Gasteiger partial charge in [-0.15, -0.1) is 0 Å². The minimum Gasteiger partial charge on any atom is -0.369 e. The van der Waals surface area contributed by atoms with Gasteiger partial charge >= 0.3 is 0 Å². The van der Waals surface area contributed by atoms with Crippen LogP contribution in [-0.2, 0) is 4.74 Å². The second-order valence-electron chi connectivity index (χ2n) is 6.68. The molecule has 2 rings (SSSR count). The van der Waals surface area contributed by atoms with E-state index in [0.717, 1.165) is 12.0 Å². The minimum absolute atomic E-state index is 0.0768. The molecule has 1 aromatic carbocycles. The van der Waals surface area contributed by atoms with Crippen molar-refractivity contribution in [2.24, 2.45) is 5.92 Å². The second kappa shape index (κ2) is 5.49. The fourth-order valence-electron chi connectivity index (χ4n) is 3.48. The van der Waals surface area contributed by atoms with Crippen molar-refractivity contribution >= 4 is 23.2 Å². The van der Waals surface area contributed by atoms with E-state index in [1.54, 1.807) is 0 Å². The first-order valence-electron chi connectivity index (χ1n) is 6.99. The van der Waals surface area contributed by atoms with Crippen molar-refractivity contribution in [3.63, 3.8) is 0 Å². The lowest BCUT2D eigenvalue weighted by Crippen LogP contribution is -2.37. The number of hydrogen-bond donors (Lipinski definition) is 1. The van der Waals surface area contributed by atoms with E-state index in [-0.39, 0.29) is 17.2 Å². The third kappa shape index (κ3) is 2.99. The van der Waals surface area contributed by atoms with Crippen LogP contribution in [0.3, 0.4) is 0 Å². The molecule has 0 aromatic heterocycles. The van der Waals surface area contributed by atoms with Gasteiger partial charge in [0.25, 0.3) is 0 Å². The van der Waals surface area contributed by atoms with E-state index in [2.05, 4.69) is 33.0 Å². The molecule has 0 saturated carbocycles. The van der Waals surface area contributed by atoms with Crippen LogP contribution in [-0.4, -0.2) is 18.2 Å². The summed E-state index contributed by atoms with van der Waals surface area (Å²) in [7, 11) is 1.95. The Morgan fingerprint density at radius 3 is 2.15 bits per heavy atom. The Morgan fingerprint density at radius 2 is 1.75 bits per heavy atom. The van der Waals surface area contributed by atoms with Gasteiger partial charge in [-0.3, -0.25) is 0 Å². The Bertz CT molecular complexity index is 479. The number of hydrogen-bond acceptors (Lipinski definition) is 2. The van der Waals surface area contributed by atoms with Crippen LogP contribution >= 0.6 is 23.2 Å². The van der Waals surface area contributed by atoms with E-state index in [0.29, 0.717) is 16.0 Å². The summed E-state index contributed by atoms with van der Waals surface area (Å²) < 4.78 is 6.21. The van der Waals surface area contributed by atoms with Gasteiger partial charge in [-0.2, -0.15) is 0 Å². The van der Waals surface area contributed by atoms with Crippen LogP contribution in [0.1, 0.15) is 45.7 Å². The van der Waals surface area contributed by atoms with Crippen LogP contribution in [0.5, 0.6) is 0 Å². The monoisotopic (exact) mass is 315 g/mol. The van der Waals surface area contributed by atoms with Gasteiger partial charge in [0.05, 0.1) is 11.2 Å². The first-order chi connectivity index (χ1) is 9.18. The number of rotatable bonds is 3. The first kappa shape index (κ1) is 16.1. The first-order valence-corrected chi connectivity index (χ1v) is 7.75. The number of ether oxygens (including phenoxy) is 1. The molecule has 2 unspecified atom stereocenters. The summed E-state index contributed by atoms with van der Waals surface area (Å²) in [6, 6.07) is 5.73. The van der Waals surface area contributed by atoms with E-state index in [4.69, 9.17) is 27.9 Å². The molecular weight excluding hydrogens is 293 g/mol. The normalized spacial score (nSPS) is 25.6. The van der Waals surface area contributed by atoms with Crippen LogP contribution in [0.4, 0.5) is 0 Å². The molecule has 1 aromatic rings. The molecule has 1 fully saturated rings. The van der Waals surface area contributed by atoms with Crippen LogP contribution in [0.2, 0.25) is 10.0 Å². The van der Waals surface area contributed by atoms with E-state index in [1.165, 1.54) is 0 Å². The summed E-state index contributed by atoms with van der Waals surface area (Å²) in [5.41, 5.74) is 0.620. The lowest BCUT2D eigenvalue weighted by molar-refractivity contribution is -0.0776. The molecule has 2 nitrogen and oxygen atoms in total. The third-order valence-electron chi connectivity index (χ3n) is 4.17. The highest BCUT2D eigenvalue weighted by Crippen LogP contribution is 2.49. The van der Waals surface area contributed by atoms with Gasteiger partial charge in [0.1, 0.15) is 0 Å². The van der Waals surface area contributed by atoms with Gasteiger partial charge in [-0.05, 0) is 53.3 Å². The SMILES string of the molecule is CNC(c1c(Cl)cccc1Cl)C1CC(C)(C)OC1(C)C. The van der Waals surface area contributed by atoms with Crippen LogP contribution in [0, 0.1) is 5.92 Å². The molecule has 0 bridgehead atoms. The maximum Gasteiger partial charge on any atom is 0.0681 e. The van der Waals surface area contributed by atoms with Gasteiger partial charge < -0.3 is 10.1 Å². The van der Waals surface area contributed by atoms with Gasteiger partial charge in [0, 0.05) is 27.6 Å². The predicted molar refractivity (Wildman–Crippen MR) is 85.6 cm³/mol. The van der Waals surface area contributed by atoms with Gasteiger partial charge in [-0.25, -0.2) is 0 Å². The van der Waals surface area contributed by atoms with Crippen LogP contribution < -0.4 is 5.32 Å². The van der Waals surface area contributed by atoms with Crippen molar-refractivity contribution in [3.05, 3.63) is 33.8 Å². The highest BCUT2D eigenvalue weighted by Gasteiger charge is 2.49. The fourth-order valence-corrected chi connectivity index (χ4v) is 4.11. The maximum atomic E-state index is 6.38. The zero-order valence-corrected chi connectivity index (χ0v) is 14.3. The number of halogens is 2. The summed E-state index contributed by atoms with van der Waals surface area (Å²) in [6.07, 6.45) is 0.965. The Hall–Kier alpha value is -0.280. The molecule has 1 aliphatic rings. The Balaban J connectivity index is 2.43. The maximum absolute atomic E-state index is 6.38. The summed E-state index contributed by atoms with van der Waals surface area (Å²) in [5.74, 6) is 0.305. The average molecular weight is 316 g/mol. The van der Waals surface area contributed by atoms with Crippen molar-refractivity contribution in [3.8, 4) is 0 Å². The van der Waals surface area contributed by atoms with E-state index in [1.807, 2.05) is 25.2 Å². The molecule has 1 saturated heterocycles. The summed E-state index contributed by atoms with van der Waals surface area (Å²) in [5, 5.41) is 4.80.